The van der Waals surface area contributed by atoms with E-state index in [-0.39, 0.29) is 11.6 Å². The lowest BCUT2D eigenvalue weighted by molar-refractivity contribution is -0.384. The van der Waals surface area contributed by atoms with Crippen molar-refractivity contribution < 1.29 is 9.72 Å². The normalized spacial score (nSPS) is 13.9. The van der Waals surface area contributed by atoms with Crippen molar-refractivity contribution in [2.75, 3.05) is 36.4 Å². The zero-order valence-electron chi connectivity index (χ0n) is 17.6. The SMILES string of the molecule is CCNC(=NCc1ccc(N2CCCC2=O)cc1)NCCNc1ccc([N+](=O)[O-])cc1. The summed E-state index contributed by atoms with van der Waals surface area (Å²) in [6.07, 6.45) is 1.55. The van der Waals surface area contributed by atoms with Gasteiger partial charge in [-0.15, -0.1) is 0 Å². The number of guanidine groups is 1. The third-order valence-corrected chi connectivity index (χ3v) is 4.91. The zero-order valence-corrected chi connectivity index (χ0v) is 17.6. The molecule has 31 heavy (non-hydrogen) atoms. The monoisotopic (exact) mass is 424 g/mol. The molecule has 9 nitrogen and oxygen atoms in total. The maximum absolute atomic E-state index is 11.9. The molecule has 1 aliphatic rings. The van der Waals surface area contributed by atoms with Gasteiger partial charge < -0.3 is 20.9 Å². The summed E-state index contributed by atoms with van der Waals surface area (Å²) in [7, 11) is 0. The summed E-state index contributed by atoms with van der Waals surface area (Å²) >= 11 is 0. The molecule has 164 valence electrons. The van der Waals surface area contributed by atoms with E-state index in [1.165, 1.54) is 12.1 Å². The highest BCUT2D eigenvalue weighted by molar-refractivity contribution is 5.95. The molecule has 9 heteroatoms. The average molecular weight is 425 g/mol. The Kier molecular flexibility index (Phi) is 7.80. The molecule has 0 bridgehead atoms. The van der Waals surface area contributed by atoms with Gasteiger partial charge in [0.05, 0.1) is 11.5 Å². The number of carbonyl (C=O) groups excluding carboxylic acids is 1. The molecule has 0 spiro atoms. The van der Waals surface area contributed by atoms with Gasteiger partial charge in [-0.2, -0.15) is 0 Å². The van der Waals surface area contributed by atoms with E-state index < -0.39 is 4.92 Å². The lowest BCUT2D eigenvalue weighted by Crippen LogP contribution is -2.39. The first kappa shape index (κ1) is 22.1. The van der Waals surface area contributed by atoms with E-state index in [2.05, 4.69) is 20.9 Å². The fourth-order valence-electron chi connectivity index (χ4n) is 3.30. The maximum atomic E-state index is 11.9. The van der Waals surface area contributed by atoms with Crippen LogP contribution in [0.4, 0.5) is 17.1 Å². The number of nitro benzene ring substituents is 1. The van der Waals surface area contributed by atoms with Crippen molar-refractivity contribution in [3.8, 4) is 0 Å². The minimum atomic E-state index is -0.413. The van der Waals surface area contributed by atoms with E-state index in [1.807, 2.05) is 36.1 Å². The molecule has 3 rings (SSSR count). The summed E-state index contributed by atoms with van der Waals surface area (Å²) in [5, 5.41) is 20.4. The first-order chi connectivity index (χ1) is 15.1. The van der Waals surface area contributed by atoms with Crippen LogP contribution >= 0.6 is 0 Å². The van der Waals surface area contributed by atoms with Gasteiger partial charge in [0.25, 0.3) is 5.69 Å². The molecule has 1 heterocycles. The number of amides is 1. The van der Waals surface area contributed by atoms with Crippen LogP contribution in [0, 0.1) is 10.1 Å². The first-order valence-electron chi connectivity index (χ1n) is 10.5. The molecule has 1 amide bonds. The van der Waals surface area contributed by atoms with Crippen molar-refractivity contribution in [1.82, 2.24) is 10.6 Å². The van der Waals surface area contributed by atoms with Gasteiger partial charge in [-0.3, -0.25) is 14.9 Å². The fourth-order valence-corrected chi connectivity index (χ4v) is 3.30. The van der Waals surface area contributed by atoms with E-state index >= 15 is 0 Å². The zero-order chi connectivity index (χ0) is 22.1. The second-order valence-corrected chi connectivity index (χ2v) is 7.17. The van der Waals surface area contributed by atoms with Crippen molar-refractivity contribution in [2.45, 2.75) is 26.3 Å². The second kappa shape index (κ2) is 11.0. The predicted octanol–water partition coefficient (Wildman–Crippen LogP) is 2.89. The molecule has 0 atom stereocenters. The van der Waals surface area contributed by atoms with Gasteiger partial charge in [-0.1, -0.05) is 12.1 Å². The smallest absolute Gasteiger partial charge is 0.269 e. The quantitative estimate of drug-likeness (QED) is 0.188. The van der Waals surface area contributed by atoms with Crippen molar-refractivity contribution in [3.63, 3.8) is 0 Å². The minimum Gasteiger partial charge on any atom is -0.383 e. The highest BCUT2D eigenvalue weighted by Crippen LogP contribution is 2.21. The molecule has 1 aliphatic heterocycles. The molecule has 1 saturated heterocycles. The number of anilines is 2. The number of hydrogen-bond donors (Lipinski definition) is 3. The molecule has 2 aromatic carbocycles. The summed E-state index contributed by atoms with van der Waals surface area (Å²) in [6, 6.07) is 14.3. The minimum absolute atomic E-state index is 0.0744. The molecule has 0 saturated carbocycles. The van der Waals surface area contributed by atoms with Crippen molar-refractivity contribution in [3.05, 3.63) is 64.2 Å². The summed E-state index contributed by atoms with van der Waals surface area (Å²) < 4.78 is 0. The highest BCUT2D eigenvalue weighted by atomic mass is 16.6. The number of rotatable bonds is 9. The van der Waals surface area contributed by atoms with E-state index in [1.54, 1.807) is 12.1 Å². The Morgan fingerprint density at radius 2 is 1.84 bits per heavy atom. The van der Waals surface area contributed by atoms with Gasteiger partial charge in [0.2, 0.25) is 5.91 Å². The number of nitrogens with one attached hydrogen (secondary N) is 3. The Bertz CT molecular complexity index is 912. The Hall–Kier alpha value is -3.62. The van der Waals surface area contributed by atoms with Gasteiger partial charge >= 0.3 is 0 Å². The van der Waals surface area contributed by atoms with Crippen LogP contribution in [0.15, 0.2) is 53.5 Å². The van der Waals surface area contributed by atoms with Crippen molar-refractivity contribution >= 4 is 28.9 Å². The van der Waals surface area contributed by atoms with Gasteiger partial charge in [-0.05, 0) is 43.2 Å². The van der Waals surface area contributed by atoms with Crippen LogP contribution in [0.3, 0.4) is 0 Å². The number of nitro groups is 1. The number of carbonyl (C=O) groups is 1. The predicted molar refractivity (Wildman–Crippen MR) is 122 cm³/mol. The summed E-state index contributed by atoms with van der Waals surface area (Å²) in [5.41, 5.74) is 2.91. The molecule has 3 N–H and O–H groups in total. The van der Waals surface area contributed by atoms with E-state index in [4.69, 9.17) is 0 Å². The molecular weight excluding hydrogens is 396 g/mol. The number of nitrogens with zero attached hydrogens (tertiary/aromatic N) is 3. The lowest BCUT2D eigenvalue weighted by atomic mass is 10.2. The van der Waals surface area contributed by atoms with Crippen LogP contribution in [0.1, 0.15) is 25.3 Å². The van der Waals surface area contributed by atoms with Crippen molar-refractivity contribution in [1.29, 1.82) is 0 Å². The Morgan fingerprint density at radius 1 is 1.10 bits per heavy atom. The Labute approximate surface area is 181 Å². The van der Waals surface area contributed by atoms with Crippen LogP contribution < -0.4 is 20.9 Å². The third-order valence-electron chi connectivity index (χ3n) is 4.91. The standard InChI is InChI=1S/C22H28N6O3/c1-2-23-22(25-14-13-24-18-7-11-20(12-8-18)28(30)31)26-16-17-5-9-19(10-6-17)27-15-3-4-21(27)29/h5-12,24H,2-4,13-16H2,1H3,(H2,23,25,26). The van der Waals surface area contributed by atoms with Crippen LogP contribution in [0.25, 0.3) is 0 Å². The van der Waals surface area contributed by atoms with E-state index in [0.29, 0.717) is 32.0 Å². The molecule has 0 unspecified atom stereocenters. The van der Waals surface area contributed by atoms with Crippen LogP contribution in [0.2, 0.25) is 0 Å². The van der Waals surface area contributed by atoms with E-state index in [0.717, 1.165) is 36.4 Å². The van der Waals surface area contributed by atoms with Gasteiger partial charge in [-0.25, -0.2) is 4.99 Å². The Morgan fingerprint density at radius 3 is 2.45 bits per heavy atom. The fraction of sp³-hybridized carbons (Fsp3) is 0.364. The van der Waals surface area contributed by atoms with Gasteiger partial charge in [0.15, 0.2) is 5.96 Å². The maximum Gasteiger partial charge on any atom is 0.269 e. The number of benzene rings is 2. The number of aliphatic imine (C=N–C) groups is 1. The molecular formula is C22H28N6O3. The second-order valence-electron chi connectivity index (χ2n) is 7.17. The molecule has 0 aliphatic carbocycles. The topological polar surface area (TPSA) is 112 Å². The van der Waals surface area contributed by atoms with Crippen molar-refractivity contribution in [2.24, 2.45) is 4.99 Å². The van der Waals surface area contributed by atoms with Crippen LogP contribution in [0.5, 0.6) is 0 Å². The summed E-state index contributed by atoms with van der Waals surface area (Å²) in [6.45, 7) is 5.35. The number of hydrogen-bond acceptors (Lipinski definition) is 5. The third kappa shape index (κ3) is 6.43. The summed E-state index contributed by atoms with van der Waals surface area (Å²) in [4.78, 5) is 28.6. The highest BCUT2D eigenvalue weighted by Gasteiger charge is 2.21. The molecule has 0 aromatic heterocycles. The largest absolute Gasteiger partial charge is 0.383 e. The van der Waals surface area contributed by atoms with E-state index in [9.17, 15) is 14.9 Å². The lowest BCUT2D eigenvalue weighted by Gasteiger charge is -2.16. The average Bonchev–Trinajstić information content (AvgIpc) is 3.21. The first-order valence-corrected chi connectivity index (χ1v) is 10.5. The molecule has 1 fully saturated rings. The summed E-state index contributed by atoms with van der Waals surface area (Å²) in [5.74, 6) is 0.901. The van der Waals surface area contributed by atoms with Gasteiger partial charge in [0, 0.05) is 56.1 Å². The van der Waals surface area contributed by atoms with Crippen LogP contribution in [-0.4, -0.2) is 43.0 Å². The Balaban J connectivity index is 1.47. The molecule has 0 radical (unpaired) electrons. The number of non-ortho nitro benzene ring substituents is 1. The van der Waals surface area contributed by atoms with Crippen LogP contribution in [-0.2, 0) is 11.3 Å². The molecule has 2 aromatic rings. The van der Waals surface area contributed by atoms with Gasteiger partial charge in [0.1, 0.15) is 0 Å².